The number of nitrogens with two attached hydrogens (primary N) is 1. The van der Waals surface area contributed by atoms with Crippen LogP contribution in [0.3, 0.4) is 0 Å². The predicted octanol–water partition coefficient (Wildman–Crippen LogP) is 2.57. The topological polar surface area (TPSA) is 38.0 Å². The minimum atomic E-state index is -0.258. The summed E-state index contributed by atoms with van der Waals surface area (Å²) in [4.78, 5) is 0. The summed E-state index contributed by atoms with van der Waals surface area (Å²) in [6.07, 6.45) is 3.12. The Morgan fingerprint density at radius 1 is 1.50 bits per heavy atom. The fraction of sp³-hybridized carbons (Fsp3) is 0.400. The molecule has 0 aliphatic rings. The van der Waals surface area contributed by atoms with E-state index < -0.39 is 0 Å². The van der Waals surface area contributed by atoms with E-state index >= 15 is 0 Å². The summed E-state index contributed by atoms with van der Waals surface area (Å²) >= 11 is 1.80. The van der Waals surface area contributed by atoms with E-state index in [4.69, 9.17) is 5.73 Å². The molecule has 0 unspecified atom stereocenters. The summed E-state index contributed by atoms with van der Waals surface area (Å²) in [7, 11) is 0. The molecule has 0 aliphatic heterocycles. The van der Waals surface area contributed by atoms with Gasteiger partial charge in [-0.3, -0.25) is 0 Å². The molecule has 0 spiro atoms. The fourth-order valence-corrected chi connectivity index (χ4v) is 1.55. The van der Waals surface area contributed by atoms with Crippen LogP contribution in [0.15, 0.2) is 18.2 Å². The van der Waals surface area contributed by atoms with E-state index in [9.17, 15) is 4.39 Å². The van der Waals surface area contributed by atoms with Gasteiger partial charge >= 0.3 is 0 Å². The van der Waals surface area contributed by atoms with Gasteiger partial charge in [0.2, 0.25) is 0 Å². The summed E-state index contributed by atoms with van der Waals surface area (Å²) in [5.41, 5.74) is 6.95. The largest absolute Gasteiger partial charge is 0.397 e. The number of benzene rings is 1. The van der Waals surface area contributed by atoms with Gasteiger partial charge in [-0.25, -0.2) is 4.39 Å². The lowest BCUT2D eigenvalue weighted by molar-refractivity contribution is 0.628. The SMILES string of the molecule is CSCCCNc1cc(F)ccc1N. The highest BCUT2D eigenvalue weighted by Gasteiger charge is 1.99. The number of hydrogen-bond donors (Lipinski definition) is 2. The minimum Gasteiger partial charge on any atom is -0.397 e. The van der Waals surface area contributed by atoms with Crippen LogP contribution < -0.4 is 11.1 Å². The van der Waals surface area contributed by atoms with Crippen molar-refractivity contribution in [3.63, 3.8) is 0 Å². The first kappa shape index (κ1) is 11.2. The number of halogens is 1. The van der Waals surface area contributed by atoms with Crippen molar-refractivity contribution in [1.29, 1.82) is 0 Å². The first-order chi connectivity index (χ1) is 6.74. The molecular weight excluding hydrogens is 199 g/mol. The van der Waals surface area contributed by atoms with Crippen LogP contribution in [-0.4, -0.2) is 18.6 Å². The second-order valence-electron chi connectivity index (χ2n) is 3.00. The second kappa shape index (κ2) is 5.75. The lowest BCUT2D eigenvalue weighted by Crippen LogP contribution is -2.05. The van der Waals surface area contributed by atoms with E-state index in [2.05, 4.69) is 11.6 Å². The molecule has 0 saturated heterocycles. The number of nitrogens with one attached hydrogen (secondary N) is 1. The molecule has 0 aromatic heterocycles. The molecule has 0 bridgehead atoms. The van der Waals surface area contributed by atoms with Crippen LogP contribution in [-0.2, 0) is 0 Å². The molecule has 0 atom stereocenters. The van der Waals surface area contributed by atoms with Crippen molar-refractivity contribution >= 4 is 23.1 Å². The Hall–Kier alpha value is -0.900. The summed E-state index contributed by atoms with van der Waals surface area (Å²) in [5, 5.41) is 3.11. The highest BCUT2D eigenvalue weighted by Crippen LogP contribution is 2.18. The molecule has 1 aromatic rings. The first-order valence-electron chi connectivity index (χ1n) is 4.52. The van der Waals surface area contributed by atoms with Crippen LogP contribution in [0.5, 0.6) is 0 Å². The maximum absolute atomic E-state index is 12.8. The highest BCUT2D eigenvalue weighted by molar-refractivity contribution is 7.98. The van der Waals surface area contributed by atoms with E-state index in [1.165, 1.54) is 12.1 Å². The number of nitrogen functional groups attached to an aromatic ring is 1. The van der Waals surface area contributed by atoms with Crippen molar-refractivity contribution in [2.75, 3.05) is 29.6 Å². The Morgan fingerprint density at radius 2 is 2.29 bits per heavy atom. The molecule has 3 N–H and O–H groups in total. The van der Waals surface area contributed by atoms with Gasteiger partial charge in [0.05, 0.1) is 11.4 Å². The van der Waals surface area contributed by atoms with Gasteiger partial charge in [-0.15, -0.1) is 0 Å². The Bertz CT molecular complexity index is 291. The molecule has 0 amide bonds. The van der Waals surface area contributed by atoms with Crippen LogP contribution in [0, 0.1) is 5.82 Å². The molecule has 0 radical (unpaired) electrons. The monoisotopic (exact) mass is 214 g/mol. The summed E-state index contributed by atoms with van der Waals surface area (Å²) in [6, 6.07) is 4.36. The Balaban J connectivity index is 2.45. The van der Waals surface area contributed by atoms with Crippen molar-refractivity contribution in [2.45, 2.75) is 6.42 Å². The van der Waals surface area contributed by atoms with Crippen LogP contribution in [0.1, 0.15) is 6.42 Å². The van der Waals surface area contributed by atoms with Crippen molar-refractivity contribution in [3.05, 3.63) is 24.0 Å². The van der Waals surface area contributed by atoms with E-state index in [0.29, 0.717) is 11.4 Å². The first-order valence-corrected chi connectivity index (χ1v) is 5.91. The van der Waals surface area contributed by atoms with Gasteiger partial charge in [0.1, 0.15) is 5.82 Å². The van der Waals surface area contributed by atoms with Crippen molar-refractivity contribution in [2.24, 2.45) is 0 Å². The van der Waals surface area contributed by atoms with Gasteiger partial charge in [0.15, 0.2) is 0 Å². The van der Waals surface area contributed by atoms with Crippen LogP contribution in [0.2, 0.25) is 0 Å². The average molecular weight is 214 g/mol. The molecule has 0 aliphatic carbocycles. The minimum absolute atomic E-state index is 0.258. The van der Waals surface area contributed by atoms with Crippen LogP contribution in [0.4, 0.5) is 15.8 Å². The zero-order chi connectivity index (χ0) is 10.4. The van der Waals surface area contributed by atoms with Crippen LogP contribution in [0.25, 0.3) is 0 Å². The van der Waals surface area contributed by atoms with Gasteiger partial charge in [-0.1, -0.05) is 0 Å². The molecule has 1 rings (SSSR count). The third-order valence-corrected chi connectivity index (χ3v) is 2.55. The zero-order valence-electron chi connectivity index (χ0n) is 8.22. The average Bonchev–Trinajstić information content (AvgIpc) is 2.18. The van der Waals surface area contributed by atoms with E-state index in [-0.39, 0.29) is 5.82 Å². The fourth-order valence-electron chi connectivity index (χ4n) is 1.12. The normalized spacial score (nSPS) is 10.1. The smallest absolute Gasteiger partial charge is 0.125 e. The molecule has 1 aromatic carbocycles. The van der Waals surface area contributed by atoms with Crippen molar-refractivity contribution in [3.8, 4) is 0 Å². The highest BCUT2D eigenvalue weighted by atomic mass is 32.2. The van der Waals surface area contributed by atoms with Crippen LogP contribution >= 0.6 is 11.8 Å². The number of rotatable bonds is 5. The molecule has 14 heavy (non-hydrogen) atoms. The summed E-state index contributed by atoms with van der Waals surface area (Å²) in [6.45, 7) is 0.828. The van der Waals surface area contributed by atoms with E-state index in [1.54, 1.807) is 17.8 Å². The molecule has 2 nitrogen and oxygen atoms in total. The van der Waals surface area contributed by atoms with Gasteiger partial charge in [-0.2, -0.15) is 11.8 Å². The van der Waals surface area contributed by atoms with Gasteiger partial charge < -0.3 is 11.1 Å². The van der Waals surface area contributed by atoms with Gasteiger partial charge in [0.25, 0.3) is 0 Å². The molecule has 4 heteroatoms. The summed E-state index contributed by atoms with van der Waals surface area (Å²) in [5.74, 6) is 0.842. The molecule has 0 fully saturated rings. The van der Waals surface area contributed by atoms with Crippen molar-refractivity contribution < 1.29 is 4.39 Å². The van der Waals surface area contributed by atoms with Gasteiger partial charge in [-0.05, 0) is 36.6 Å². The second-order valence-corrected chi connectivity index (χ2v) is 3.99. The molecular formula is C10H15FN2S. The number of thioether (sulfide) groups is 1. The molecule has 0 saturated carbocycles. The van der Waals surface area contributed by atoms with Gasteiger partial charge in [0, 0.05) is 6.54 Å². The lowest BCUT2D eigenvalue weighted by Gasteiger charge is -2.08. The number of hydrogen-bond acceptors (Lipinski definition) is 3. The van der Waals surface area contributed by atoms with Crippen molar-refractivity contribution in [1.82, 2.24) is 0 Å². The quantitative estimate of drug-likeness (QED) is 0.584. The third kappa shape index (κ3) is 3.46. The predicted molar refractivity (Wildman–Crippen MR) is 62.3 cm³/mol. The Kier molecular flexibility index (Phi) is 4.59. The molecule has 0 heterocycles. The number of anilines is 2. The van der Waals surface area contributed by atoms with E-state index in [1.807, 2.05) is 0 Å². The Labute approximate surface area is 88.1 Å². The summed E-state index contributed by atoms with van der Waals surface area (Å²) < 4.78 is 12.8. The van der Waals surface area contributed by atoms with E-state index in [0.717, 1.165) is 18.7 Å². The maximum atomic E-state index is 12.8. The lowest BCUT2D eigenvalue weighted by atomic mass is 10.2. The standard InChI is InChI=1S/C10H15FN2S/c1-14-6-2-5-13-10-7-8(11)3-4-9(10)12/h3-4,7,13H,2,5-6,12H2,1H3. The maximum Gasteiger partial charge on any atom is 0.125 e. The zero-order valence-corrected chi connectivity index (χ0v) is 9.03. The Morgan fingerprint density at radius 3 is 3.00 bits per heavy atom. The molecule has 78 valence electrons. The third-order valence-electron chi connectivity index (χ3n) is 1.86.